The molecule has 8 heteroatoms. The molecule has 0 fully saturated rings. The first-order chi connectivity index (χ1) is 10.6. The molecular formula is C14H16ClN3O3S. The second-order valence-electron chi connectivity index (χ2n) is 4.38. The highest BCUT2D eigenvalue weighted by atomic mass is 35.5. The van der Waals surface area contributed by atoms with Gasteiger partial charge < -0.3 is 10.1 Å². The molecule has 6 nitrogen and oxygen atoms in total. The quantitative estimate of drug-likeness (QED) is 0.477. The van der Waals surface area contributed by atoms with Crippen LogP contribution in [0.2, 0.25) is 5.15 Å². The molecule has 22 heavy (non-hydrogen) atoms. The van der Waals surface area contributed by atoms with Crippen LogP contribution in [0.25, 0.3) is 11.0 Å². The number of hydrogen-bond acceptors (Lipinski definition) is 5. The Kier molecular flexibility index (Phi) is 5.97. The summed E-state index contributed by atoms with van der Waals surface area (Å²) in [5.74, 6) is -0.497. The fraction of sp³-hybridized carbons (Fsp3) is 0.357. The molecule has 2 heterocycles. The van der Waals surface area contributed by atoms with Gasteiger partial charge in [0.2, 0.25) is 5.91 Å². The monoisotopic (exact) mass is 341 g/mol. The number of halogens is 1. The van der Waals surface area contributed by atoms with Crippen LogP contribution in [-0.2, 0) is 14.3 Å². The predicted octanol–water partition coefficient (Wildman–Crippen LogP) is 2.52. The molecule has 0 saturated carbocycles. The Balaban J connectivity index is 1.80. The number of imidazole rings is 1. The fourth-order valence-electron chi connectivity index (χ4n) is 1.82. The van der Waals surface area contributed by atoms with Crippen molar-refractivity contribution in [2.75, 3.05) is 13.2 Å². The van der Waals surface area contributed by atoms with E-state index >= 15 is 0 Å². The molecule has 0 atom stereocenters. The van der Waals surface area contributed by atoms with Crippen LogP contribution in [0.1, 0.15) is 25.5 Å². The minimum absolute atomic E-state index is 0.245. The van der Waals surface area contributed by atoms with Gasteiger partial charge >= 0.3 is 5.97 Å². The molecule has 0 unspecified atom stereocenters. The lowest BCUT2D eigenvalue weighted by Crippen LogP contribution is -2.22. The number of carbonyl (C=O) groups is 2. The van der Waals surface area contributed by atoms with Crippen LogP contribution in [0, 0.1) is 0 Å². The molecule has 0 aliphatic rings. The molecule has 1 amide bonds. The number of aromatic nitrogens is 2. The Labute approximate surface area is 136 Å². The van der Waals surface area contributed by atoms with Crippen LogP contribution in [0.15, 0.2) is 17.7 Å². The molecule has 1 N–H and O–H groups in total. The number of nitrogens with zero attached hydrogens (tertiary/aromatic N) is 2. The van der Waals surface area contributed by atoms with Crippen LogP contribution in [0.4, 0.5) is 0 Å². The number of carbonyl (C=O) groups excluding carboxylic acids is 2. The van der Waals surface area contributed by atoms with Crippen molar-refractivity contribution < 1.29 is 14.3 Å². The molecule has 2 aromatic rings. The van der Waals surface area contributed by atoms with Crippen molar-refractivity contribution in [3.05, 3.63) is 28.5 Å². The zero-order chi connectivity index (χ0) is 15.9. The maximum atomic E-state index is 11.7. The van der Waals surface area contributed by atoms with E-state index in [4.69, 9.17) is 16.3 Å². The Hall–Kier alpha value is -1.86. The number of rotatable bonds is 7. The second kappa shape index (κ2) is 7.95. The summed E-state index contributed by atoms with van der Waals surface area (Å²) in [6.45, 7) is 2.55. The highest BCUT2D eigenvalue weighted by molar-refractivity contribution is 7.15. The standard InChI is InChI=1S/C14H16ClN3O3S/c1-2-21-12(20)4-3-7-16-11(19)6-5-10-13(15)17-14-18(10)8-9-22-14/h5-6,8-9H,2-4,7H2,1H3,(H,16,19)/b6-5+. The molecule has 2 aromatic heterocycles. The third-order valence-electron chi connectivity index (χ3n) is 2.81. The summed E-state index contributed by atoms with van der Waals surface area (Å²) in [4.78, 5) is 27.8. The largest absolute Gasteiger partial charge is 0.466 e. The van der Waals surface area contributed by atoms with E-state index in [1.165, 1.54) is 17.4 Å². The number of amides is 1. The first-order valence-electron chi connectivity index (χ1n) is 6.84. The normalized spacial score (nSPS) is 11.2. The molecule has 0 aliphatic heterocycles. The lowest BCUT2D eigenvalue weighted by molar-refractivity contribution is -0.143. The maximum absolute atomic E-state index is 11.7. The van der Waals surface area contributed by atoms with Crippen molar-refractivity contribution in [3.63, 3.8) is 0 Å². The molecular weight excluding hydrogens is 326 g/mol. The van der Waals surface area contributed by atoms with Crippen molar-refractivity contribution in [2.45, 2.75) is 19.8 Å². The Morgan fingerprint density at radius 2 is 2.36 bits per heavy atom. The lowest BCUT2D eigenvalue weighted by Gasteiger charge is -2.02. The number of ether oxygens (including phenoxy) is 1. The van der Waals surface area contributed by atoms with Crippen molar-refractivity contribution >= 4 is 45.9 Å². The van der Waals surface area contributed by atoms with Gasteiger partial charge in [0.05, 0.1) is 12.3 Å². The van der Waals surface area contributed by atoms with E-state index in [-0.39, 0.29) is 11.9 Å². The minimum atomic E-state index is -0.252. The van der Waals surface area contributed by atoms with E-state index in [2.05, 4.69) is 10.3 Å². The maximum Gasteiger partial charge on any atom is 0.305 e. The topological polar surface area (TPSA) is 72.7 Å². The average Bonchev–Trinajstić information content (AvgIpc) is 3.02. The average molecular weight is 342 g/mol. The summed E-state index contributed by atoms with van der Waals surface area (Å²) in [5.41, 5.74) is 0.666. The summed E-state index contributed by atoms with van der Waals surface area (Å²) in [7, 11) is 0. The Morgan fingerprint density at radius 3 is 3.14 bits per heavy atom. The van der Waals surface area contributed by atoms with Crippen LogP contribution >= 0.6 is 22.9 Å². The molecule has 0 aromatic carbocycles. The van der Waals surface area contributed by atoms with Gasteiger partial charge in [0.1, 0.15) is 0 Å². The van der Waals surface area contributed by atoms with Crippen molar-refractivity contribution in [1.29, 1.82) is 0 Å². The first-order valence-corrected chi connectivity index (χ1v) is 8.10. The summed E-state index contributed by atoms with van der Waals surface area (Å²) in [6, 6.07) is 0. The second-order valence-corrected chi connectivity index (χ2v) is 5.61. The fourth-order valence-corrected chi connectivity index (χ4v) is 2.82. The number of nitrogens with one attached hydrogen (secondary N) is 1. The SMILES string of the molecule is CCOC(=O)CCCNC(=O)/C=C/c1c(Cl)nc2sccn12. The van der Waals surface area contributed by atoms with Crippen LogP contribution < -0.4 is 5.32 Å². The van der Waals surface area contributed by atoms with Gasteiger partial charge in [0, 0.05) is 30.6 Å². The van der Waals surface area contributed by atoms with E-state index in [9.17, 15) is 9.59 Å². The molecule has 2 rings (SSSR count). The van der Waals surface area contributed by atoms with E-state index < -0.39 is 0 Å². The van der Waals surface area contributed by atoms with Gasteiger partial charge in [0.15, 0.2) is 10.1 Å². The molecule has 0 saturated heterocycles. The molecule has 0 aliphatic carbocycles. The van der Waals surface area contributed by atoms with Crippen molar-refractivity contribution in [1.82, 2.24) is 14.7 Å². The molecule has 0 spiro atoms. The van der Waals surface area contributed by atoms with Gasteiger partial charge in [-0.05, 0) is 19.4 Å². The molecule has 0 radical (unpaired) electrons. The lowest BCUT2D eigenvalue weighted by atomic mass is 10.3. The predicted molar refractivity (Wildman–Crippen MR) is 86.0 cm³/mol. The smallest absolute Gasteiger partial charge is 0.305 e. The Bertz CT molecular complexity index is 693. The van der Waals surface area contributed by atoms with E-state index in [0.29, 0.717) is 36.8 Å². The highest BCUT2D eigenvalue weighted by Gasteiger charge is 2.08. The third kappa shape index (κ3) is 4.32. The van der Waals surface area contributed by atoms with Gasteiger partial charge in [-0.15, -0.1) is 11.3 Å². The number of fused-ring (bicyclic) bond motifs is 1. The van der Waals surface area contributed by atoms with Crippen molar-refractivity contribution in [3.8, 4) is 0 Å². The van der Waals surface area contributed by atoms with Crippen molar-refractivity contribution in [2.24, 2.45) is 0 Å². The van der Waals surface area contributed by atoms with E-state index in [1.54, 1.807) is 13.0 Å². The first kappa shape index (κ1) is 16.5. The minimum Gasteiger partial charge on any atom is -0.466 e. The van der Waals surface area contributed by atoms with E-state index in [1.807, 2.05) is 16.0 Å². The zero-order valence-corrected chi connectivity index (χ0v) is 13.6. The van der Waals surface area contributed by atoms with Crippen LogP contribution in [-0.4, -0.2) is 34.4 Å². The highest BCUT2D eigenvalue weighted by Crippen LogP contribution is 2.22. The van der Waals surface area contributed by atoms with Gasteiger partial charge in [0.25, 0.3) is 0 Å². The van der Waals surface area contributed by atoms with Gasteiger partial charge in [-0.2, -0.15) is 0 Å². The third-order valence-corrected chi connectivity index (χ3v) is 3.84. The van der Waals surface area contributed by atoms with Gasteiger partial charge in [-0.1, -0.05) is 11.6 Å². The number of thiazole rings is 1. The van der Waals surface area contributed by atoms with Gasteiger partial charge in [-0.25, -0.2) is 4.98 Å². The summed E-state index contributed by atoms with van der Waals surface area (Å²) in [5, 5.41) is 4.95. The van der Waals surface area contributed by atoms with E-state index in [0.717, 1.165) is 4.96 Å². The Morgan fingerprint density at radius 1 is 1.55 bits per heavy atom. The van der Waals surface area contributed by atoms with Crippen LogP contribution in [0.3, 0.4) is 0 Å². The summed E-state index contributed by atoms with van der Waals surface area (Å²) >= 11 is 7.49. The van der Waals surface area contributed by atoms with Crippen LogP contribution in [0.5, 0.6) is 0 Å². The zero-order valence-electron chi connectivity index (χ0n) is 12.0. The number of esters is 1. The van der Waals surface area contributed by atoms with Gasteiger partial charge in [-0.3, -0.25) is 14.0 Å². The molecule has 118 valence electrons. The molecule has 0 bridgehead atoms. The number of hydrogen-bond donors (Lipinski definition) is 1. The summed E-state index contributed by atoms with van der Waals surface area (Å²) in [6.07, 6.45) is 5.70. The summed E-state index contributed by atoms with van der Waals surface area (Å²) < 4.78 is 6.62.